The summed E-state index contributed by atoms with van der Waals surface area (Å²) in [5.74, 6) is 0.0703. The summed E-state index contributed by atoms with van der Waals surface area (Å²) in [7, 11) is 0. The van der Waals surface area contributed by atoms with Gasteiger partial charge in [0.2, 0.25) is 0 Å². The van der Waals surface area contributed by atoms with Crippen LogP contribution in [0.25, 0.3) is 32.7 Å². The normalized spacial score (nSPS) is 17.8. The van der Waals surface area contributed by atoms with Gasteiger partial charge in [-0.15, -0.1) is 0 Å². The number of fused-ring (bicyclic) bond motifs is 2. The van der Waals surface area contributed by atoms with Crippen LogP contribution < -0.4 is 10.6 Å². The van der Waals surface area contributed by atoms with Crippen LogP contribution in [0.5, 0.6) is 0 Å². The van der Waals surface area contributed by atoms with Gasteiger partial charge >= 0.3 is 36.4 Å². The van der Waals surface area contributed by atoms with Crippen molar-refractivity contribution in [2.24, 2.45) is 21.7 Å². The van der Waals surface area contributed by atoms with Crippen LogP contribution in [0.3, 0.4) is 0 Å². The molecule has 0 fully saturated rings. The van der Waals surface area contributed by atoms with Gasteiger partial charge in [-0.1, -0.05) is 156 Å². The van der Waals surface area contributed by atoms with Crippen molar-refractivity contribution in [2.75, 3.05) is 10.6 Å². The molecule has 0 radical (unpaired) electrons. The summed E-state index contributed by atoms with van der Waals surface area (Å²) < 4.78 is 59.6. The summed E-state index contributed by atoms with van der Waals surface area (Å²) in [5, 5.41) is 11.6. The van der Waals surface area contributed by atoms with Gasteiger partial charge in [-0.05, 0) is 78.6 Å². The molecule has 0 saturated carbocycles. The molecule has 6 rings (SSSR count). The van der Waals surface area contributed by atoms with Gasteiger partial charge in [-0.2, -0.15) is 0 Å². The Kier molecular flexibility index (Phi) is 13.6. The SMILES string of the molecule is CC(C)(C)C1=C/C(=C/Nc2ccc3ccccc3c2-c2c(N/C=C3/C=C(C(C)(C)C)C=C(C(C)(C)C)C3=O)ccc3ccccc23)C(=O)C(C(C)(C)C)=C1.[Cr].[F][Sb-]([F])([F])([F])([F])[F]. The molecule has 332 valence electrons. The van der Waals surface area contributed by atoms with Crippen LogP contribution in [-0.2, 0) is 27.0 Å². The van der Waals surface area contributed by atoms with Crippen molar-refractivity contribution < 1.29 is 43.8 Å². The quantitative estimate of drug-likeness (QED) is 0.119. The van der Waals surface area contributed by atoms with E-state index in [9.17, 15) is 26.5 Å². The fraction of sp³-hybridized carbons (Fsp3) is 0.320. The van der Waals surface area contributed by atoms with Gasteiger partial charge in [0.05, 0.1) is 0 Å². The topological polar surface area (TPSA) is 58.2 Å². The van der Waals surface area contributed by atoms with Crippen molar-refractivity contribution in [1.82, 2.24) is 0 Å². The molecule has 2 aliphatic carbocycles. The zero-order valence-corrected chi connectivity index (χ0v) is 41.2. The number of hydrogen-bond donors (Lipinski definition) is 2. The van der Waals surface area contributed by atoms with Crippen LogP contribution in [0.1, 0.15) is 83.1 Å². The summed E-state index contributed by atoms with van der Waals surface area (Å²) in [6, 6.07) is 25.3. The Morgan fingerprint density at radius 1 is 0.452 bits per heavy atom. The third-order valence-corrected chi connectivity index (χ3v) is 10.5. The Balaban J connectivity index is 0.000000973. The molecule has 0 spiro atoms. The van der Waals surface area contributed by atoms with E-state index in [1.807, 2.05) is 24.6 Å². The van der Waals surface area contributed by atoms with Crippen molar-refractivity contribution in [3.63, 3.8) is 0 Å². The van der Waals surface area contributed by atoms with Gasteiger partial charge < -0.3 is 10.6 Å². The zero-order valence-electron chi connectivity index (χ0n) is 37.3. The number of halogens is 6. The van der Waals surface area contributed by atoms with Gasteiger partial charge in [-0.25, -0.2) is 0 Å². The van der Waals surface area contributed by atoms with Crippen molar-refractivity contribution >= 4 is 64.0 Å². The minimum atomic E-state index is -11.2. The van der Waals surface area contributed by atoms with E-state index < -0.39 is 19.5 Å². The summed E-state index contributed by atoms with van der Waals surface area (Å²) >= 11 is -11.2. The third-order valence-electron chi connectivity index (χ3n) is 10.5. The summed E-state index contributed by atoms with van der Waals surface area (Å²) in [6.45, 7) is 25.7. The molecule has 0 aromatic heterocycles. The molecule has 0 aliphatic heterocycles. The molecular weight excluding hydrogens is 948 g/mol. The number of nitrogens with one attached hydrogen (secondary N) is 2. The maximum atomic E-state index is 14.0. The molecule has 0 bridgehead atoms. The molecule has 62 heavy (non-hydrogen) atoms. The Labute approximate surface area is 375 Å². The fourth-order valence-electron chi connectivity index (χ4n) is 7.13. The van der Waals surface area contributed by atoms with E-state index in [-0.39, 0.29) is 50.6 Å². The Hall–Kier alpha value is -4.29. The number of ketones is 2. The maximum absolute atomic E-state index is 14.0. The van der Waals surface area contributed by atoms with Crippen LogP contribution in [0.2, 0.25) is 0 Å². The monoisotopic (exact) mass is 1000 g/mol. The first kappa shape index (κ1) is 50.4. The van der Waals surface area contributed by atoms with E-state index in [1.165, 1.54) is 0 Å². The fourth-order valence-corrected chi connectivity index (χ4v) is 7.13. The second-order valence-corrected chi connectivity index (χ2v) is 25.3. The second-order valence-electron chi connectivity index (χ2n) is 19.8. The van der Waals surface area contributed by atoms with E-state index in [1.54, 1.807) is 0 Å². The van der Waals surface area contributed by atoms with Crippen molar-refractivity contribution in [2.45, 2.75) is 83.1 Å². The minimum absolute atomic E-state index is 0. The number of hydrogen-bond acceptors (Lipinski definition) is 4. The first-order valence-electron chi connectivity index (χ1n) is 20.1. The number of allylic oxidation sites excluding steroid dienone is 10. The number of Topliss-reactive ketones (excluding diaryl/α,β-unsaturated/α-hetero) is 2. The molecular formula is C50H56CrF6N2O2Sb-. The summed E-state index contributed by atoms with van der Waals surface area (Å²) in [5.41, 5.74) is 8.01. The molecule has 0 heterocycles. The van der Waals surface area contributed by atoms with Crippen LogP contribution in [0, 0.1) is 21.7 Å². The van der Waals surface area contributed by atoms with Gasteiger partial charge in [-0.3, -0.25) is 9.59 Å². The Bertz CT molecular complexity index is 2460. The number of carbonyl (C=O) groups is 2. The van der Waals surface area contributed by atoms with Crippen molar-refractivity contribution in [1.29, 1.82) is 0 Å². The number of benzene rings is 4. The van der Waals surface area contributed by atoms with Crippen molar-refractivity contribution in [3.05, 3.63) is 143 Å². The van der Waals surface area contributed by atoms with E-state index >= 15 is 0 Å². The van der Waals surface area contributed by atoms with E-state index in [4.69, 9.17) is 0 Å². The molecule has 2 aliphatic rings. The number of rotatable bonds is 5. The first-order chi connectivity index (χ1) is 27.6. The van der Waals surface area contributed by atoms with Gasteiger partial charge in [0.1, 0.15) is 0 Å². The average molecular weight is 1000 g/mol. The van der Waals surface area contributed by atoms with Crippen molar-refractivity contribution in [3.8, 4) is 11.1 Å². The average Bonchev–Trinajstić information content (AvgIpc) is 3.10. The number of carbonyl (C=O) groups excluding carboxylic acids is 2. The molecule has 2 N–H and O–H groups in total. The summed E-state index contributed by atoms with van der Waals surface area (Å²) in [4.78, 5) is 28.0. The van der Waals surface area contributed by atoms with Crippen LogP contribution in [0.15, 0.2) is 143 Å². The Morgan fingerprint density at radius 2 is 0.758 bits per heavy atom. The molecule has 4 aromatic carbocycles. The van der Waals surface area contributed by atoms with E-state index in [2.05, 4.69) is 179 Å². The molecule has 0 unspecified atom stereocenters. The number of anilines is 2. The predicted molar refractivity (Wildman–Crippen MR) is 243 cm³/mol. The third kappa shape index (κ3) is 12.9. The van der Waals surface area contributed by atoms with Gasteiger partial charge in [0.15, 0.2) is 11.6 Å². The first-order valence-corrected chi connectivity index (χ1v) is 25.9. The summed E-state index contributed by atoms with van der Waals surface area (Å²) in [6.07, 6.45) is 12.0. The van der Waals surface area contributed by atoms with E-state index in [0.717, 1.165) is 66.3 Å². The van der Waals surface area contributed by atoms with Crippen LogP contribution in [-0.4, -0.2) is 31.0 Å². The second kappa shape index (κ2) is 16.7. The molecule has 0 saturated heterocycles. The predicted octanol–water partition coefficient (Wildman–Crippen LogP) is 15.4. The molecule has 0 atom stereocenters. The molecule has 12 heteroatoms. The van der Waals surface area contributed by atoms with Gasteiger partial charge in [0.25, 0.3) is 0 Å². The zero-order chi connectivity index (χ0) is 45.8. The Morgan fingerprint density at radius 3 is 1.05 bits per heavy atom. The molecule has 4 aromatic rings. The molecule has 4 nitrogen and oxygen atoms in total. The molecule has 0 amide bonds. The van der Waals surface area contributed by atoms with Crippen LogP contribution >= 0.6 is 0 Å². The standard InChI is InChI=1S/C50H56N2O2.Cr.6FH.Sb/c1-47(2,3)35-25-33(45(53)39(27-35)49(7,8)9)29-51-41-23-21-31-17-13-15-19-37(31)43(41)44-38-20-16-14-18-32(38)22-24-42(44)52-30-34-26-36(48(4,5)6)28-40(46(34)54)50(10,11)12;;;;;;;;/h13-30,51-52H,1-12H3;;6*1H;/q;;;;;;;;+5/p-6/b33-29-,34-30-;;;;;;;;. The van der Waals surface area contributed by atoms with E-state index in [0.29, 0.717) is 11.1 Å². The van der Waals surface area contributed by atoms with Crippen LogP contribution in [0.4, 0.5) is 28.3 Å². The van der Waals surface area contributed by atoms with Gasteiger partial charge in [0, 0.05) is 74.6 Å².